The Labute approximate surface area is 140 Å². The molecule has 1 fully saturated rings. The summed E-state index contributed by atoms with van der Waals surface area (Å²) < 4.78 is 1.34. The van der Waals surface area contributed by atoms with E-state index in [1.165, 1.54) is 10.9 Å². The summed E-state index contributed by atoms with van der Waals surface area (Å²) in [6, 6.07) is 5.44. The van der Waals surface area contributed by atoms with Gasteiger partial charge in [-0.05, 0) is 31.4 Å². The van der Waals surface area contributed by atoms with Crippen LogP contribution >= 0.6 is 0 Å². The van der Waals surface area contributed by atoms with Crippen LogP contribution in [-0.2, 0) is 11.3 Å². The fraction of sp³-hybridized carbons (Fsp3) is 0.500. The second-order valence-corrected chi connectivity index (χ2v) is 6.55. The summed E-state index contributed by atoms with van der Waals surface area (Å²) in [4.78, 5) is 29.2. The number of carbonyl (C=O) groups is 1. The highest BCUT2D eigenvalue weighted by Crippen LogP contribution is 2.23. The first-order valence-corrected chi connectivity index (χ1v) is 8.45. The van der Waals surface area contributed by atoms with Crippen LogP contribution in [0.2, 0.25) is 0 Å². The fourth-order valence-electron chi connectivity index (χ4n) is 3.47. The molecule has 2 atom stereocenters. The molecule has 6 heteroatoms. The molecule has 1 aromatic heterocycles. The normalized spacial score (nSPS) is 20.9. The summed E-state index contributed by atoms with van der Waals surface area (Å²) in [6.45, 7) is 1.94. The maximum Gasteiger partial charge on any atom is 0.261 e. The van der Waals surface area contributed by atoms with E-state index in [1.807, 2.05) is 19.1 Å². The quantitative estimate of drug-likeness (QED) is 0.887. The molecule has 3 rings (SSSR count). The van der Waals surface area contributed by atoms with Crippen molar-refractivity contribution in [3.8, 4) is 0 Å². The molecule has 0 radical (unpaired) electrons. The molecule has 1 heterocycles. The fourth-order valence-corrected chi connectivity index (χ4v) is 3.47. The van der Waals surface area contributed by atoms with Crippen LogP contribution < -0.4 is 10.9 Å². The third-order valence-electron chi connectivity index (χ3n) is 4.86. The van der Waals surface area contributed by atoms with Crippen LogP contribution in [0, 0.1) is 12.8 Å². The minimum Gasteiger partial charge on any atom is -0.396 e. The van der Waals surface area contributed by atoms with Gasteiger partial charge in [-0.3, -0.25) is 14.2 Å². The number of aryl methyl sites for hydroxylation is 1. The lowest BCUT2D eigenvalue weighted by molar-refractivity contribution is -0.123. The van der Waals surface area contributed by atoms with E-state index in [4.69, 9.17) is 0 Å². The Hall–Kier alpha value is -2.21. The highest BCUT2D eigenvalue weighted by molar-refractivity contribution is 5.81. The van der Waals surface area contributed by atoms with E-state index in [-0.39, 0.29) is 36.6 Å². The summed E-state index contributed by atoms with van der Waals surface area (Å²) >= 11 is 0. The maximum absolute atomic E-state index is 12.5. The smallest absolute Gasteiger partial charge is 0.261 e. The predicted molar refractivity (Wildman–Crippen MR) is 91.7 cm³/mol. The average Bonchev–Trinajstić information content (AvgIpc) is 2.58. The van der Waals surface area contributed by atoms with Gasteiger partial charge >= 0.3 is 0 Å². The molecule has 2 N–H and O–H groups in total. The molecular formula is C18H23N3O3. The van der Waals surface area contributed by atoms with E-state index in [0.717, 1.165) is 31.2 Å². The first-order chi connectivity index (χ1) is 11.6. The van der Waals surface area contributed by atoms with Gasteiger partial charge in [0, 0.05) is 18.6 Å². The molecule has 1 saturated carbocycles. The van der Waals surface area contributed by atoms with Crippen molar-refractivity contribution >= 4 is 16.8 Å². The summed E-state index contributed by atoms with van der Waals surface area (Å²) in [5, 5.41) is 12.9. The number of benzene rings is 1. The highest BCUT2D eigenvalue weighted by atomic mass is 16.3. The first-order valence-electron chi connectivity index (χ1n) is 8.45. The number of nitrogens with zero attached hydrogens (tertiary/aromatic N) is 2. The third kappa shape index (κ3) is 3.33. The van der Waals surface area contributed by atoms with Crippen molar-refractivity contribution in [3.63, 3.8) is 0 Å². The van der Waals surface area contributed by atoms with Crippen molar-refractivity contribution in [1.29, 1.82) is 0 Å². The van der Waals surface area contributed by atoms with Crippen molar-refractivity contribution in [2.75, 3.05) is 6.61 Å². The molecule has 0 spiro atoms. The van der Waals surface area contributed by atoms with Crippen molar-refractivity contribution in [1.82, 2.24) is 14.9 Å². The zero-order chi connectivity index (χ0) is 17.1. The zero-order valence-electron chi connectivity index (χ0n) is 13.9. The van der Waals surface area contributed by atoms with Gasteiger partial charge in [-0.25, -0.2) is 4.98 Å². The molecule has 2 aromatic rings. The number of para-hydroxylation sites is 1. The molecule has 128 valence electrons. The summed E-state index contributed by atoms with van der Waals surface area (Å²) in [5.41, 5.74) is 1.40. The molecule has 24 heavy (non-hydrogen) atoms. The van der Waals surface area contributed by atoms with Crippen LogP contribution in [0.15, 0.2) is 29.3 Å². The van der Waals surface area contributed by atoms with Gasteiger partial charge in [-0.2, -0.15) is 0 Å². The maximum atomic E-state index is 12.5. The van der Waals surface area contributed by atoms with Crippen LogP contribution in [0.3, 0.4) is 0 Å². The van der Waals surface area contributed by atoms with Gasteiger partial charge in [-0.15, -0.1) is 0 Å². The molecule has 2 unspecified atom stereocenters. The summed E-state index contributed by atoms with van der Waals surface area (Å²) in [7, 11) is 0. The van der Waals surface area contributed by atoms with E-state index in [0.29, 0.717) is 10.9 Å². The van der Waals surface area contributed by atoms with Crippen LogP contribution in [0.4, 0.5) is 0 Å². The van der Waals surface area contributed by atoms with Crippen molar-refractivity contribution in [2.45, 2.75) is 45.2 Å². The summed E-state index contributed by atoms with van der Waals surface area (Å²) in [6.07, 6.45) is 5.38. The number of nitrogens with one attached hydrogen (secondary N) is 1. The average molecular weight is 329 g/mol. The number of rotatable bonds is 4. The highest BCUT2D eigenvalue weighted by Gasteiger charge is 2.25. The lowest BCUT2D eigenvalue weighted by atomic mass is 9.85. The molecular weight excluding hydrogens is 306 g/mol. The Balaban J connectivity index is 1.76. The van der Waals surface area contributed by atoms with E-state index in [9.17, 15) is 14.7 Å². The second-order valence-electron chi connectivity index (χ2n) is 6.55. The molecule has 0 aliphatic heterocycles. The predicted octanol–water partition coefficient (Wildman–Crippen LogP) is 1.37. The molecule has 1 aliphatic rings. The largest absolute Gasteiger partial charge is 0.396 e. The van der Waals surface area contributed by atoms with Gasteiger partial charge in [-0.1, -0.05) is 25.0 Å². The van der Waals surface area contributed by atoms with Crippen molar-refractivity contribution in [3.05, 3.63) is 40.4 Å². The van der Waals surface area contributed by atoms with Crippen molar-refractivity contribution in [2.24, 2.45) is 5.92 Å². The SMILES string of the molecule is Cc1cccc2c(=O)n(CC(=O)NC3CCCCC3CO)cnc12. The van der Waals surface area contributed by atoms with E-state index in [1.54, 1.807) is 6.07 Å². The standard InChI is InChI=1S/C18H23N3O3/c1-12-5-4-7-14-17(12)19-11-21(18(14)24)9-16(23)20-15-8-3-2-6-13(15)10-22/h4-5,7,11,13,15,22H,2-3,6,8-10H2,1H3,(H,20,23). The van der Waals surface area contributed by atoms with Crippen LogP contribution in [0.1, 0.15) is 31.2 Å². The number of aliphatic hydroxyl groups excluding tert-OH is 1. The second kappa shape index (κ2) is 7.13. The van der Waals surface area contributed by atoms with Crippen LogP contribution in [-0.4, -0.2) is 33.2 Å². The number of hydrogen-bond donors (Lipinski definition) is 2. The molecule has 6 nitrogen and oxygen atoms in total. The first kappa shape index (κ1) is 16.6. The molecule has 1 aliphatic carbocycles. The van der Waals surface area contributed by atoms with Gasteiger partial charge < -0.3 is 10.4 Å². The monoisotopic (exact) mass is 329 g/mol. The Kier molecular flexibility index (Phi) is 4.94. The number of amides is 1. The Morgan fingerprint density at radius 2 is 2.17 bits per heavy atom. The number of fused-ring (bicyclic) bond motifs is 1. The number of aromatic nitrogens is 2. The lowest BCUT2D eigenvalue weighted by Gasteiger charge is -2.30. The van der Waals surface area contributed by atoms with Crippen LogP contribution in [0.25, 0.3) is 10.9 Å². The van der Waals surface area contributed by atoms with Gasteiger partial charge in [0.2, 0.25) is 5.91 Å². The topological polar surface area (TPSA) is 84.2 Å². The minimum absolute atomic E-state index is 0.0115. The van der Waals surface area contributed by atoms with E-state index >= 15 is 0 Å². The van der Waals surface area contributed by atoms with Gasteiger partial charge in [0.25, 0.3) is 5.56 Å². The molecule has 1 amide bonds. The van der Waals surface area contributed by atoms with Gasteiger partial charge in [0.15, 0.2) is 0 Å². The van der Waals surface area contributed by atoms with E-state index in [2.05, 4.69) is 10.3 Å². The van der Waals surface area contributed by atoms with E-state index < -0.39 is 0 Å². The Morgan fingerprint density at radius 3 is 2.96 bits per heavy atom. The number of hydrogen-bond acceptors (Lipinski definition) is 4. The molecule has 0 saturated heterocycles. The minimum atomic E-state index is -0.212. The number of aliphatic hydroxyl groups is 1. The van der Waals surface area contributed by atoms with Crippen LogP contribution in [0.5, 0.6) is 0 Å². The lowest BCUT2D eigenvalue weighted by Crippen LogP contribution is -2.45. The summed E-state index contributed by atoms with van der Waals surface area (Å²) in [5.74, 6) is -0.104. The van der Waals surface area contributed by atoms with Gasteiger partial charge in [0.1, 0.15) is 6.54 Å². The Morgan fingerprint density at radius 1 is 1.38 bits per heavy atom. The molecule has 1 aromatic carbocycles. The Bertz CT molecular complexity index is 800. The third-order valence-corrected chi connectivity index (χ3v) is 4.86. The van der Waals surface area contributed by atoms with Crippen molar-refractivity contribution < 1.29 is 9.90 Å². The molecule has 0 bridgehead atoms. The van der Waals surface area contributed by atoms with Gasteiger partial charge in [0.05, 0.1) is 17.2 Å². The number of carbonyl (C=O) groups excluding carboxylic acids is 1. The zero-order valence-corrected chi connectivity index (χ0v) is 13.9.